The first-order valence-electron chi connectivity index (χ1n) is 9.05. The van der Waals surface area contributed by atoms with E-state index < -0.39 is 0 Å². The third-order valence-electron chi connectivity index (χ3n) is 5.09. The molecule has 4 aromatic carbocycles. The van der Waals surface area contributed by atoms with Gasteiger partial charge in [0.2, 0.25) is 0 Å². The Kier molecular flexibility index (Phi) is 3.69. The molecule has 1 heterocycles. The Morgan fingerprint density at radius 3 is 2.32 bits per heavy atom. The molecule has 0 aliphatic heterocycles. The lowest BCUT2D eigenvalue weighted by atomic mass is 9.99. The molecule has 0 saturated carbocycles. The average molecular weight is 364 g/mol. The maximum Gasteiger partial charge on any atom is 0.277 e. The zero-order chi connectivity index (χ0) is 19.1. The molecule has 4 heteroatoms. The molecule has 4 nitrogen and oxygen atoms in total. The van der Waals surface area contributed by atoms with Gasteiger partial charge in [0.25, 0.3) is 5.69 Å². The summed E-state index contributed by atoms with van der Waals surface area (Å²) >= 11 is 0. The third kappa shape index (κ3) is 2.63. The van der Waals surface area contributed by atoms with E-state index in [9.17, 15) is 10.1 Å². The van der Waals surface area contributed by atoms with Crippen LogP contribution >= 0.6 is 0 Å². The molecule has 0 radical (unpaired) electrons. The Morgan fingerprint density at radius 2 is 1.50 bits per heavy atom. The van der Waals surface area contributed by atoms with E-state index in [2.05, 4.69) is 41.1 Å². The number of nitro benzene ring substituents is 1. The summed E-state index contributed by atoms with van der Waals surface area (Å²) in [6.07, 6.45) is 2.07. The summed E-state index contributed by atoms with van der Waals surface area (Å²) < 4.78 is 2.17. The summed E-state index contributed by atoms with van der Waals surface area (Å²) in [6, 6.07) is 29.5. The summed E-state index contributed by atoms with van der Waals surface area (Å²) in [6.45, 7) is 0. The van der Waals surface area contributed by atoms with Crippen LogP contribution in [0, 0.1) is 10.1 Å². The van der Waals surface area contributed by atoms with E-state index in [-0.39, 0.29) is 10.6 Å². The monoisotopic (exact) mass is 364 g/mol. The number of nitrogens with zero attached hydrogens (tertiary/aromatic N) is 2. The fourth-order valence-electron chi connectivity index (χ4n) is 3.74. The van der Waals surface area contributed by atoms with Crippen molar-refractivity contribution in [2.24, 2.45) is 0 Å². The van der Waals surface area contributed by atoms with Gasteiger partial charge in [-0.1, -0.05) is 42.5 Å². The van der Waals surface area contributed by atoms with E-state index in [1.54, 1.807) is 18.2 Å². The number of fused-ring (bicyclic) bond motifs is 2. The van der Waals surface area contributed by atoms with Crippen molar-refractivity contribution < 1.29 is 4.92 Å². The SMILES string of the molecule is O=[N+]([O-])c1ccccc1-c1ccc2cc3c(ccn3-c3ccccc3)cc2c1. The van der Waals surface area contributed by atoms with Crippen LogP contribution in [0.1, 0.15) is 0 Å². The Balaban J connectivity index is 1.68. The minimum absolute atomic E-state index is 0.123. The highest BCUT2D eigenvalue weighted by molar-refractivity contribution is 5.99. The number of rotatable bonds is 3. The molecule has 0 unspecified atom stereocenters. The van der Waals surface area contributed by atoms with Gasteiger partial charge in [-0.05, 0) is 58.8 Å². The molecule has 0 N–H and O–H groups in total. The topological polar surface area (TPSA) is 48.1 Å². The Hall–Kier alpha value is -3.92. The molecule has 134 valence electrons. The largest absolute Gasteiger partial charge is 0.317 e. The molecule has 0 aliphatic carbocycles. The highest BCUT2D eigenvalue weighted by Crippen LogP contribution is 2.33. The lowest BCUT2D eigenvalue weighted by Gasteiger charge is -2.08. The van der Waals surface area contributed by atoms with E-state index in [4.69, 9.17) is 0 Å². The van der Waals surface area contributed by atoms with Crippen LogP contribution in [0.3, 0.4) is 0 Å². The van der Waals surface area contributed by atoms with Crippen molar-refractivity contribution in [3.05, 3.63) is 107 Å². The van der Waals surface area contributed by atoms with Gasteiger partial charge in [-0.2, -0.15) is 0 Å². The van der Waals surface area contributed by atoms with Gasteiger partial charge < -0.3 is 4.57 Å². The van der Waals surface area contributed by atoms with Crippen molar-refractivity contribution in [1.82, 2.24) is 4.57 Å². The molecule has 0 bridgehead atoms. The number of hydrogen-bond acceptors (Lipinski definition) is 2. The van der Waals surface area contributed by atoms with Crippen LogP contribution in [0.5, 0.6) is 0 Å². The first-order chi connectivity index (χ1) is 13.7. The lowest BCUT2D eigenvalue weighted by Crippen LogP contribution is -1.92. The van der Waals surface area contributed by atoms with Gasteiger partial charge >= 0.3 is 0 Å². The van der Waals surface area contributed by atoms with Crippen LogP contribution in [0.4, 0.5) is 5.69 Å². The second-order valence-electron chi connectivity index (χ2n) is 6.77. The smallest absolute Gasteiger partial charge is 0.277 e. The predicted octanol–water partition coefficient (Wildman–Crippen LogP) is 6.36. The third-order valence-corrected chi connectivity index (χ3v) is 5.09. The average Bonchev–Trinajstić information content (AvgIpc) is 3.15. The standard InChI is InChI=1S/C24H16N2O2/c27-26(28)23-9-5-4-8-22(23)18-11-10-17-16-24-19(15-20(17)14-18)12-13-25(24)21-6-2-1-3-7-21/h1-16H. The minimum atomic E-state index is -0.331. The van der Waals surface area contributed by atoms with Crippen molar-refractivity contribution in [3.8, 4) is 16.8 Å². The van der Waals surface area contributed by atoms with Crippen molar-refractivity contribution in [3.63, 3.8) is 0 Å². The van der Waals surface area contributed by atoms with Gasteiger partial charge in [0, 0.05) is 23.3 Å². The molecule has 1 aromatic heterocycles. The predicted molar refractivity (Wildman–Crippen MR) is 113 cm³/mol. The molecule has 5 aromatic rings. The fraction of sp³-hybridized carbons (Fsp3) is 0. The van der Waals surface area contributed by atoms with E-state index in [1.807, 2.05) is 42.5 Å². The Bertz CT molecular complexity index is 1340. The second-order valence-corrected chi connectivity index (χ2v) is 6.77. The summed E-state index contributed by atoms with van der Waals surface area (Å²) in [4.78, 5) is 11.0. The van der Waals surface area contributed by atoms with E-state index in [1.165, 1.54) is 0 Å². The van der Waals surface area contributed by atoms with Crippen LogP contribution in [0.15, 0.2) is 97.2 Å². The summed E-state index contributed by atoms with van der Waals surface area (Å²) in [5.41, 5.74) is 3.86. The number of aromatic nitrogens is 1. The molecule has 0 aliphatic rings. The molecule has 0 fully saturated rings. The van der Waals surface area contributed by atoms with Crippen molar-refractivity contribution in [2.45, 2.75) is 0 Å². The van der Waals surface area contributed by atoms with Crippen molar-refractivity contribution in [2.75, 3.05) is 0 Å². The Labute approximate surface area is 161 Å². The molecule has 0 saturated heterocycles. The molecule has 0 spiro atoms. The number of benzene rings is 4. The van der Waals surface area contributed by atoms with Gasteiger partial charge in [-0.15, -0.1) is 0 Å². The molecular weight excluding hydrogens is 348 g/mol. The maximum absolute atomic E-state index is 11.4. The summed E-state index contributed by atoms with van der Waals surface area (Å²) in [5.74, 6) is 0. The van der Waals surface area contributed by atoms with Gasteiger partial charge in [0.1, 0.15) is 0 Å². The molecule has 28 heavy (non-hydrogen) atoms. The highest BCUT2D eigenvalue weighted by atomic mass is 16.6. The van der Waals surface area contributed by atoms with Gasteiger partial charge in [0.15, 0.2) is 0 Å². The zero-order valence-electron chi connectivity index (χ0n) is 14.9. The number of hydrogen-bond donors (Lipinski definition) is 0. The quantitative estimate of drug-likeness (QED) is 0.276. The fourth-order valence-corrected chi connectivity index (χ4v) is 3.74. The van der Waals surface area contributed by atoms with Crippen LogP contribution in [0.25, 0.3) is 38.5 Å². The maximum atomic E-state index is 11.4. The summed E-state index contributed by atoms with van der Waals surface area (Å²) in [5, 5.41) is 14.7. The van der Waals surface area contributed by atoms with Crippen molar-refractivity contribution in [1.29, 1.82) is 0 Å². The minimum Gasteiger partial charge on any atom is -0.317 e. The lowest BCUT2D eigenvalue weighted by molar-refractivity contribution is -0.384. The first-order valence-corrected chi connectivity index (χ1v) is 9.05. The molecule has 0 atom stereocenters. The van der Waals surface area contributed by atoms with Crippen molar-refractivity contribution >= 4 is 27.4 Å². The van der Waals surface area contributed by atoms with Gasteiger partial charge in [-0.25, -0.2) is 0 Å². The van der Waals surface area contributed by atoms with Gasteiger partial charge in [-0.3, -0.25) is 10.1 Å². The number of nitro groups is 1. The van der Waals surface area contributed by atoms with Crippen LogP contribution in [-0.2, 0) is 0 Å². The Morgan fingerprint density at radius 1 is 0.714 bits per heavy atom. The van der Waals surface area contributed by atoms with E-state index >= 15 is 0 Å². The highest BCUT2D eigenvalue weighted by Gasteiger charge is 2.14. The molecule has 5 rings (SSSR count). The molecular formula is C24H16N2O2. The molecule has 0 amide bonds. The van der Waals surface area contributed by atoms with Crippen LogP contribution < -0.4 is 0 Å². The normalized spacial score (nSPS) is 11.1. The zero-order valence-corrected chi connectivity index (χ0v) is 14.9. The van der Waals surface area contributed by atoms with E-state index in [0.717, 1.165) is 32.9 Å². The summed E-state index contributed by atoms with van der Waals surface area (Å²) in [7, 11) is 0. The van der Waals surface area contributed by atoms with E-state index in [0.29, 0.717) is 5.56 Å². The first kappa shape index (κ1) is 16.3. The van der Waals surface area contributed by atoms with Crippen LogP contribution in [0.2, 0.25) is 0 Å². The van der Waals surface area contributed by atoms with Crippen LogP contribution in [-0.4, -0.2) is 9.49 Å². The second kappa shape index (κ2) is 6.35. The van der Waals surface area contributed by atoms with Gasteiger partial charge in [0.05, 0.1) is 16.0 Å². The number of para-hydroxylation sites is 2.